The van der Waals surface area contributed by atoms with Crippen LogP contribution in [0.3, 0.4) is 0 Å². The molecule has 2 fully saturated rings. The van der Waals surface area contributed by atoms with Gasteiger partial charge in [-0.3, -0.25) is 14.5 Å². The third-order valence-electron chi connectivity index (χ3n) is 5.40. The lowest BCUT2D eigenvalue weighted by molar-refractivity contribution is -0.131. The fraction of sp³-hybridized carbons (Fsp3) is 0.833. The molecule has 0 aromatic heterocycles. The highest BCUT2D eigenvalue weighted by Crippen LogP contribution is 2.34. The molecule has 1 saturated heterocycles. The second kappa shape index (κ2) is 8.49. The normalized spacial score (nSPS) is 20.5. The van der Waals surface area contributed by atoms with Crippen LogP contribution >= 0.6 is 0 Å². The van der Waals surface area contributed by atoms with Crippen molar-refractivity contribution >= 4 is 17.8 Å². The Morgan fingerprint density at radius 2 is 2.00 bits per heavy atom. The van der Waals surface area contributed by atoms with Gasteiger partial charge >= 0.3 is 6.03 Å². The van der Waals surface area contributed by atoms with Gasteiger partial charge in [0.1, 0.15) is 5.54 Å². The van der Waals surface area contributed by atoms with Crippen molar-refractivity contribution in [3.05, 3.63) is 0 Å². The standard InChI is InChI=1S/C18H31N3O3/c1-3-5-8-14(4-2)13-19-15(22)9-12-21-16(23)18(20-17(21)24)10-6-7-11-18/h14H,3-13H2,1-2H3,(H,19,22)(H,20,24). The van der Waals surface area contributed by atoms with Crippen LogP contribution in [0.25, 0.3) is 0 Å². The van der Waals surface area contributed by atoms with Gasteiger partial charge in [-0.15, -0.1) is 0 Å². The summed E-state index contributed by atoms with van der Waals surface area (Å²) in [7, 11) is 0. The molecule has 1 spiro atoms. The van der Waals surface area contributed by atoms with E-state index in [-0.39, 0.29) is 30.8 Å². The lowest BCUT2D eigenvalue weighted by Gasteiger charge is -2.20. The van der Waals surface area contributed by atoms with E-state index in [4.69, 9.17) is 0 Å². The predicted molar refractivity (Wildman–Crippen MR) is 92.4 cm³/mol. The molecule has 1 saturated carbocycles. The van der Waals surface area contributed by atoms with E-state index in [1.165, 1.54) is 17.7 Å². The van der Waals surface area contributed by atoms with Crippen molar-refractivity contribution in [3.8, 4) is 0 Å². The number of amides is 4. The van der Waals surface area contributed by atoms with Gasteiger partial charge in [-0.1, -0.05) is 46.0 Å². The Balaban J connectivity index is 1.75. The Bertz CT molecular complexity index is 472. The van der Waals surface area contributed by atoms with Crippen LogP contribution in [-0.4, -0.2) is 41.4 Å². The second-order valence-corrected chi connectivity index (χ2v) is 7.15. The largest absolute Gasteiger partial charge is 0.356 e. The Morgan fingerprint density at radius 3 is 2.62 bits per heavy atom. The second-order valence-electron chi connectivity index (χ2n) is 7.15. The van der Waals surface area contributed by atoms with Crippen molar-refractivity contribution < 1.29 is 14.4 Å². The van der Waals surface area contributed by atoms with Gasteiger partial charge in [-0.25, -0.2) is 4.79 Å². The molecule has 24 heavy (non-hydrogen) atoms. The first-order valence-electron chi connectivity index (χ1n) is 9.43. The summed E-state index contributed by atoms with van der Waals surface area (Å²) in [6, 6.07) is -0.343. The minimum absolute atomic E-state index is 0.0853. The van der Waals surface area contributed by atoms with Gasteiger partial charge in [-0.2, -0.15) is 0 Å². The number of hydrogen-bond acceptors (Lipinski definition) is 3. The maximum absolute atomic E-state index is 12.5. The van der Waals surface area contributed by atoms with Crippen molar-refractivity contribution in [1.82, 2.24) is 15.5 Å². The molecule has 2 N–H and O–H groups in total. The average molecular weight is 337 g/mol. The molecule has 0 aromatic rings. The molecule has 2 aliphatic rings. The molecule has 0 bridgehead atoms. The number of nitrogens with zero attached hydrogens (tertiary/aromatic N) is 1. The summed E-state index contributed by atoms with van der Waals surface area (Å²) in [5, 5.41) is 5.79. The molecule has 1 unspecified atom stereocenters. The maximum atomic E-state index is 12.5. The number of imide groups is 1. The fourth-order valence-electron chi connectivity index (χ4n) is 3.70. The summed E-state index contributed by atoms with van der Waals surface area (Å²) < 4.78 is 0. The quantitative estimate of drug-likeness (QED) is 0.635. The summed E-state index contributed by atoms with van der Waals surface area (Å²) in [6.07, 6.45) is 8.08. The van der Waals surface area contributed by atoms with Crippen LogP contribution in [0, 0.1) is 5.92 Å². The molecule has 2 rings (SSSR count). The van der Waals surface area contributed by atoms with E-state index in [1.807, 2.05) is 0 Å². The number of urea groups is 1. The van der Waals surface area contributed by atoms with Crippen molar-refractivity contribution in [3.63, 3.8) is 0 Å². The van der Waals surface area contributed by atoms with E-state index in [2.05, 4.69) is 24.5 Å². The smallest absolute Gasteiger partial charge is 0.325 e. The van der Waals surface area contributed by atoms with Crippen LogP contribution < -0.4 is 10.6 Å². The molecule has 6 nitrogen and oxygen atoms in total. The highest BCUT2D eigenvalue weighted by molar-refractivity contribution is 6.07. The predicted octanol–water partition coefficient (Wildman–Crippen LogP) is 2.57. The van der Waals surface area contributed by atoms with Gasteiger partial charge in [0, 0.05) is 19.5 Å². The number of unbranched alkanes of at least 4 members (excludes halogenated alkanes) is 1. The van der Waals surface area contributed by atoms with Crippen LogP contribution in [0.2, 0.25) is 0 Å². The first kappa shape index (κ1) is 18.7. The number of carbonyl (C=O) groups is 3. The molecule has 0 radical (unpaired) electrons. The van der Waals surface area contributed by atoms with Crippen LogP contribution in [0.15, 0.2) is 0 Å². The monoisotopic (exact) mass is 337 g/mol. The lowest BCUT2D eigenvalue weighted by atomic mass is 9.98. The third-order valence-corrected chi connectivity index (χ3v) is 5.40. The van der Waals surface area contributed by atoms with E-state index in [1.54, 1.807) is 0 Å². The zero-order valence-electron chi connectivity index (χ0n) is 15.0. The van der Waals surface area contributed by atoms with Crippen LogP contribution in [0.1, 0.15) is 71.6 Å². The molecular weight excluding hydrogens is 306 g/mol. The van der Waals surface area contributed by atoms with Crippen molar-refractivity contribution in [2.24, 2.45) is 5.92 Å². The first-order valence-corrected chi connectivity index (χ1v) is 9.43. The SMILES string of the molecule is CCCCC(CC)CNC(=O)CCN1C(=O)NC2(CCCC2)C1=O. The first-order chi connectivity index (χ1) is 11.5. The number of carbonyl (C=O) groups excluding carboxylic acids is 3. The third kappa shape index (κ3) is 4.28. The molecule has 1 aliphatic heterocycles. The Hall–Kier alpha value is -1.59. The molecule has 6 heteroatoms. The maximum Gasteiger partial charge on any atom is 0.325 e. The number of rotatable bonds is 9. The molecule has 1 heterocycles. The molecule has 4 amide bonds. The van der Waals surface area contributed by atoms with Gasteiger partial charge in [0.05, 0.1) is 0 Å². The van der Waals surface area contributed by atoms with Gasteiger partial charge in [0.25, 0.3) is 5.91 Å². The Labute approximate surface area is 144 Å². The summed E-state index contributed by atoms with van der Waals surface area (Å²) in [6.45, 7) is 5.16. The van der Waals surface area contributed by atoms with E-state index in [0.717, 1.165) is 38.5 Å². The highest BCUT2D eigenvalue weighted by atomic mass is 16.2. The van der Waals surface area contributed by atoms with Crippen molar-refractivity contribution in [1.29, 1.82) is 0 Å². The van der Waals surface area contributed by atoms with Gasteiger partial charge in [0.15, 0.2) is 0 Å². The molecule has 136 valence electrons. The van der Waals surface area contributed by atoms with Crippen LogP contribution in [0.4, 0.5) is 4.79 Å². The topological polar surface area (TPSA) is 78.5 Å². The van der Waals surface area contributed by atoms with E-state index >= 15 is 0 Å². The minimum atomic E-state index is -0.680. The molecule has 0 aromatic carbocycles. The Morgan fingerprint density at radius 1 is 1.29 bits per heavy atom. The summed E-state index contributed by atoms with van der Waals surface area (Å²) in [4.78, 5) is 37.8. The molecule has 1 aliphatic carbocycles. The van der Waals surface area contributed by atoms with E-state index in [9.17, 15) is 14.4 Å². The minimum Gasteiger partial charge on any atom is -0.356 e. The lowest BCUT2D eigenvalue weighted by Crippen LogP contribution is -2.44. The zero-order chi connectivity index (χ0) is 17.6. The fourth-order valence-corrected chi connectivity index (χ4v) is 3.70. The number of hydrogen-bond donors (Lipinski definition) is 2. The number of nitrogens with one attached hydrogen (secondary N) is 2. The van der Waals surface area contributed by atoms with Crippen molar-refractivity contribution in [2.45, 2.75) is 77.2 Å². The van der Waals surface area contributed by atoms with Crippen LogP contribution in [-0.2, 0) is 9.59 Å². The van der Waals surface area contributed by atoms with Crippen LogP contribution in [0.5, 0.6) is 0 Å². The summed E-state index contributed by atoms with van der Waals surface area (Å²) in [5.74, 6) is 0.275. The zero-order valence-corrected chi connectivity index (χ0v) is 15.0. The summed E-state index contributed by atoms with van der Waals surface area (Å²) in [5.41, 5.74) is -0.680. The summed E-state index contributed by atoms with van der Waals surface area (Å²) >= 11 is 0. The van der Waals surface area contributed by atoms with Gasteiger partial charge in [0.2, 0.25) is 5.91 Å². The van der Waals surface area contributed by atoms with E-state index in [0.29, 0.717) is 12.5 Å². The highest BCUT2D eigenvalue weighted by Gasteiger charge is 2.52. The Kier molecular flexibility index (Phi) is 6.63. The molecule has 1 atom stereocenters. The average Bonchev–Trinajstić information content (AvgIpc) is 3.12. The van der Waals surface area contributed by atoms with Crippen molar-refractivity contribution in [2.75, 3.05) is 13.1 Å². The molecular formula is C18H31N3O3. The van der Waals surface area contributed by atoms with Gasteiger partial charge < -0.3 is 10.6 Å². The van der Waals surface area contributed by atoms with Gasteiger partial charge in [-0.05, 0) is 25.2 Å². The van der Waals surface area contributed by atoms with E-state index < -0.39 is 5.54 Å².